The van der Waals surface area contributed by atoms with Gasteiger partial charge < -0.3 is 10.1 Å². The van der Waals surface area contributed by atoms with Crippen LogP contribution in [0.4, 0.5) is 11.4 Å². The van der Waals surface area contributed by atoms with Gasteiger partial charge in [-0.05, 0) is 49.4 Å². The fourth-order valence-corrected chi connectivity index (χ4v) is 4.36. The highest BCUT2D eigenvalue weighted by molar-refractivity contribution is 8.15. The lowest BCUT2D eigenvalue weighted by atomic mass is 10.2. The lowest BCUT2D eigenvalue weighted by Crippen LogP contribution is -2.30. The van der Waals surface area contributed by atoms with Crippen LogP contribution in [0, 0.1) is 0 Å². The molecule has 0 saturated carbocycles. The van der Waals surface area contributed by atoms with Crippen molar-refractivity contribution in [3.63, 3.8) is 0 Å². The topological polar surface area (TPSA) is 71.0 Å². The van der Waals surface area contributed by atoms with E-state index in [0.29, 0.717) is 33.2 Å². The van der Waals surface area contributed by atoms with E-state index in [4.69, 9.17) is 27.9 Å². The zero-order valence-corrected chi connectivity index (χ0v) is 18.1. The van der Waals surface area contributed by atoms with Crippen molar-refractivity contribution in [3.05, 3.63) is 52.5 Å². The lowest BCUT2D eigenvalue weighted by Gasteiger charge is -2.10. The van der Waals surface area contributed by atoms with Gasteiger partial charge >= 0.3 is 0 Å². The first-order valence-electron chi connectivity index (χ1n) is 8.87. The van der Waals surface area contributed by atoms with E-state index in [1.165, 1.54) is 16.7 Å². The zero-order valence-electron chi connectivity index (χ0n) is 15.8. The van der Waals surface area contributed by atoms with Gasteiger partial charge in [0.25, 0.3) is 0 Å². The maximum Gasteiger partial charge on any atom is 0.242 e. The van der Waals surface area contributed by atoms with Crippen LogP contribution < -0.4 is 10.1 Å². The van der Waals surface area contributed by atoms with E-state index >= 15 is 0 Å². The smallest absolute Gasteiger partial charge is 0.242 e. The van der Waals surface area contributed by atoms with E-state index < -0.39 is 5.25 Å². The minimum Gasteiger partial charge on any atom is -0.494 e. The molecule has 0 spiro atoms. The molecule has 0 aromatic heterocycles. The molecule has 1 heterocycles. The van der Waals surface area contributed by atoms with Crippen molar-refractivity contribution < 1.29 is 14.3 Å². The maximum atomic E-state index is 12.5. The number of aliphatic imine (C=N–C) groups is 1. The van der Waals surface area contributed by atoms with Crippen molar-refractivity contribution in [1.82, 2.24) is 4.90 Å². The van der Waals surface area contributed by atoms with Crippen molar-refractivity contribution in [1.29, 1.82) is 0 Å². The van der Waals surface area contributed by atoms with E-state index in [0.717, 1.165) is 5.75 Å². The number of hydrogen-bond acceptors (Lipinski definition) is 5. The summed E-state index contributed by atoms with van der Waals surface area (Å²) in [6.45, 7) is 2.48. The highest BCUT2D eigenvalue weighted by atomic mass is 35.5. The number of hydrogen-bond donors (Lipinski definition) is 1. The Morgan fingerprint density at radius 3 is 2.48 bits per heavy atom. The Morgan fingerprint density at radius 2 is 1.86 bits per heavy atom. The molecule has 2 amide bonds. The molecule has 0 radical (unpaired) electrons. The third kappa shape index (κ3) is 5.65. The molecule has 1 aliphatic heterocycles. The molecule has 29 heavy (non-hydrogen) atoms. The predicted octanol–water partition coefficient (Wildman–Crippen LogP) is 4.98. The molecule has 0 unspecified atom stereocenters. The van der Waals surface area contributed by atoms with Crippen LogP contribution in [-0.4, -0.2) is 40.8 Å². The number of benzene rings is 2. The third-order valence-electron chi connectivity index (χ3n) is 4.03. The molecule has 9 heteroatoms. The summed E-state index contributed by atoms with van der Waals surface area (Å²) in [7, 11) is 1.63. The summed E-state index contributed by atoms with van der Waals surface area (Å²) in [6.07, 6.45) is 0.0381. The average molecular weight is 452 g/mol. The van der Waals surface area contributed by atoms with Gasteiger partial charge in [0.2, 0.25) is 11.8 Å². The monoisotopic (exact) mass is 451 g/mol. The number of ether oxygens (including phenoxy) is 1. The lowest BCUT2D eigenvalue weighted by molar-refractivity contribution is -0.127. The molecule has 2 aromatic rings. The Balaban J connectivity index is 1.64. The van der Waals surface area contributed by atoms with Gasteiger partial charge in [0, 0.05) is 29.2 Å². The van der Waals surface area contributed by atoms with Crippen LogP contribution in [0.1, 0.15) is 13.3 Å². The van der Waals surface area contributed by atoms with E-state index in [1.807, 2.05) is 6.92 Å². The highest BCUT2D eigenvalue weighted by Crippen LogP contribution is 2.32. The van der Waals surface area contributed by atoms with Crippen molar-refractivity contribution in [3.8, 4) is 5.75 Å². The number of carbonyl (C=O) groups excluding carboxylic acids is 2. The number of rotatable bonds is 6. The molecule has 0 bridgehead atoms. The van der Waals surface area contributed by atoms with Crippen LogP contribution in [0.15, 0.2) is 47.5 Å². The standard InChI is InChI=1S/C20H19Cl2N3O3S/c1-3-28-16-6-4-14(5-7-16)23-18(26)11-17-19(27)25(2)20(29-17)24-15-9-12(21)8-13(22)10-15/h4-10,17H,3,11H2,1-2H3,(H,23,26)/t17-/m1/s1. The van der Waals surface area contributed by atoms with Gasteiger partial charge in [0.05, 0.1) is 12.3 Å². The summed E-state index contributed by atoms with van der Waals surface area (Å²) in [5.74, 6) is 0.305. The number of thioether (sulfide) groups is 1. The highest BCUT2D eigenvalue weighted by Gasteiger charge is 2.37. The molecule has 6 nitrogen and oxygen atoms in total. The fraction of sp³-hybridized carbons (Fsp3) is 0.250. The predicted molar refractivity (Wildman–Crippen MR) is 119 cm³/mol. The first kappa shape index (κ1) is 21.5. The minimum atomic E-state index is -0.545. The number of anilines is 1. The molecule has 152 valence electrons. The molecule has 0 aliphatic carbocycles. The van der Waals surface area contributed by atoms with Crippen LogP contribution in [0.3, 0.4) is 0 Å². The van der Waals surface area contributed by atoms with E-state index in [2.05, 4.69) is 10.3 Å². The fourth-order valence-electron chi connectivity index (χ4n) is 2.69. The number of halogens is 2. The molecular weight excluding hydrogens is 433 g/mol. The Bertz CT molecular complexity index is 930. The number of nitrogens with one attached hydrogen (secondary N) is 1. The second-order valence-corrected chi connectivity index (χ2v) is 8.28. The van der Waals surface area contributed by atoms with Gasteiger partial charge in [0.15, 0.2) is 5.17 Å². The minimum absolute atomic E-state index is 0.0381. The van der Waals surface area contributed by atoms with Crippen molar-refractivity contribution >= 4 is 63.3 Å². The number of carbonyl (C=O) groups is 2. The van der Waals surface area contributed by atoms with Gasteiger partial charge in [0.1, 0.15) is 11.0 Å². The second-order valence-electron chi connectivity index (χ2n) is 6.24. The molecule has 2 aromatic carbocycles. The van der Waals surface area contributed by atoms with Gasteiger partial charge in [-0.3, -0.25) is 14.5 Å². The van der Waals surface area contributed by atoms with Crippen LogP contribution in [-0.2, 0) is 9.59 Å². The third-order valence-corrected chi connectivity index (χ3v) is 5.70. The molecule has 1 atom stereocenters. The number of nitrogens with zero attached hydrogens (tertiary/aromatic N) is 2. The quantitative estimate of drug-likeness (QED) is 0.671. The molecule has 1 fully saturated rings. The Labute approximate surface area is 183 Å². The number of amides is 2. The van der Waals surface area contributed by atoms with Crippen molar-refractivity contribution in [2.45, 2.75) is 18.6 Å². The summed E-state index contributed by atoms with van der Waals surface area (Å²) >= 11 is 13.2. The largest absolute Gasteiger partial charge is 0.494 e. The summed E-state index contributed by atoms with van der Waals surface area (Å²) in [5.41, 5.74) is 1.19. The summed E-state index contributed by atoms with van der Waals surface area (Å²) < 4.78 is 5.38. The van der Waals surface area contributed by atoms with Crippen molar-refractivity contribution in [2.75, 3.05) is 19.0 Å². The van der Waals surface area contributed by atoms with E-state index in [1.54, 1.807) is 49.5 Å². The molecule has 1 saturated heterocycles. The normalized spacial score (nSPS) is 17.7. The van der Waals surface area contributed by atoms with Crippen LogP contribution >= 0.6 is 35.0 Å². The Kier molecular flexibility index (Phi) is 7.05. The summed E-state index contributed by atoms with van der Waals surface area (Å²) in [4.78, 5) is 30.8. The summed E-state index contributed by atoms with van der Waals surface area (Å²) in [5, 5.41) is 3.66. The van der Waals surface area contributed by atoms with Crippen molar-refractivity contribution in [2.24, 2.45) is 4.99 Å². The summed E-state index contributed by atoms with van der Waals surface area (Å²) in [6, 6.07) is 12.0. The molecule has 1 aliphatic rings. The number of amidine groups is 1. The van der Waals surface area contributed by atoms with E-state index in [-0.39, 0.29) is 18.2 Å². The molecule has 3 rings (SSSR count). The maximum absolute atomic E-state index is 12.5. The first-order chi connectivity index (χ1) is 13.9. The van der Waals surface area contributed by atoms with Gasteiger partial charge in [-0.15, -0.1) is 0 Å². The Morgan fingerprint density at radius 1 is 1.21 bits per heavy atom. The van der Waals surface area contributed by atoms with E-state index in [9.17, 15) is 9.59 Å². The van der Waals surface area contributed by atoms with Gasteiger partial charge in [-0.1, -0.05) is 35.0 Å². The Hall–Kier alpha value is -2.22. The van der Waals surface area contributed by atoms with Crippen LogP contribution in [0.2, 0.25) is 10.0 Å². The van der Waals surface area contributed by atoms with Gasteiger partial charge in [-0.25, -0.2) is 4.99 Å². The van der Waals surface area contributed by atoms with Crippen LogP contribution in [0.5, 0.6) is 5.75 Å². The van der Waals surface area contributed by atoms with Gasteiger partial charge in [-0.2, -0.15) is 0 Å². The van der Waals surface area contributed by atoms with Crippen LogP contribution in [0.25, 0.3) is 0 Å². The molecule has 1 N–H and O–H groups in total. The zero-order chi connectivity index (χ0) is 21.0. The second kappa shape index (κ2) is 9.52. The average Bonchev–Trinajstić information content (AvgIpc) is 2.90. The first-order valence-corrected chi connectivity index (χ1v) is 10.5. The molecular formula is C20H19Cl2N3O3S. The SMILES string of the molecule is CCOc1ccc(NC(=O)C[C@H]2SC(=Nc3cc(Cl)cc(Cl)c3)N(C)C2=O)cc1.